The number of carbonyl (C=O) groups is 1. The number of ether oxygens (including phenoxy) is 1. The minimum absolute atomic E-state index is 0.112. The molecule has 0 saturated heterocycles. The third kappa shape index (κ3) is 3.07. The summed E-state index contributed by atoms with van der Waals surface area (Å²) in [5.41, 5.74) is 0. The van der Waals surface area contributed by atoms with E-state index in [2.05, 4.69) is 22.0 Å². The van der Waals surface area contributed by atoms with Crippen molar-refractivity contribution in [2.75, 3.05) is 6.61 Å². The lowest BCUT2D eigenvalue weighted by molar-refractivity contribution is -0.120. The van der Waals surface area contributed by atoms with Crippen LogP contribution >= 0.6 is 15.9 Å². The fraction of sp³-hybridized carbons (Fsp3) is 0.214. The second-order valence-corrected chi connectivity index (χ2v) is 4.75. The Morgan fingerprint density at radius 3 is 2.65 bits per heavy atom. The van der Waals surface area contributed by atoms with Crippen molar-refractivity contribution in [2.24, 2.45) is 0 Å². The smallest absolute Gasteiger partial charge is 0.169 e. The van der Waals surface area contributed by atoms with Gasteiger partial charge in [0, 0.05) is 10.9 Å². The molecule has 0 saturated carbocycles. The highest BCUT2D eigenvalue weighted by molar-refractivity contribution is 9.10. The van der Waals surface area contributed by atoms with Crippen molar-refractivity contribution in [1.82, 2.24) is 0 Å². The lowest BCUT2D eigenvalue weighted by Crippen LogP contribution is -2.09. The van der Waals surface area contributed by atoms with Crippen LogP contribution in [0.1, 0.15) is 13.3 Å². The summed E-state index contributed by atoms with van der Waals surface area (Å²) in [5, 5.41) is 2.25. The van der Waals surface area contributed by atoms with E-state index >= 15 is 0 Å². The molecule has 0 bridgehead atoms. The fourth-order valence-electron chi connectivity index (χ4n) is 1.55. The molecular formula is C14H13BrO2. The van der Waals surface area contributed by atoms with Crippen LogP contribution in [0, 0.1) is 0 Å². The molecular weight excluding hydrogens is 280 g/mol. The predicted octanol–water partition coefficient (Wildman–Crippen LogP) is 3.96. The van der Waals surface area contributed by atoms with Crippen LogP contribution < -0.4 is 4.74 Å². The van der Waals surface area contributed by atoms with Crippen LogP contribution in [0.4, 0.5) is 0 Å². The Balaban J connectivity index is 2.20. The van der Waals surface area contributed by atoms with E-state index in [1.165, 1.54) is 0 Å². The quantitative estimate of drug-likeness (QED) is 0.853. The van der Waals surface area contributed by atoms with Gasteiger partial charge < -0.3 is 4.74 Å². The molecule has 0 amide bonds. The molecule has 0 N–H and O–H groups in total. The van der Waals surface area contributed by atoms with E-state index in [1.54, 1.807) is 0 Å². The highest BCUT2D eigenvalue weighted by Crippen LogP contribution is 2.24. The van der Waals surface area contributed by atoms with Gasteiger partial charge >= 0.3 is 0 Å². The number of benzene rings is 2. The van der Waals surface area contributed by atoms with Crippen molar-refractivity contribution in [3.63, 3.8) is 0 Å². The Morgan fingerprint density at radius 1 is 1.18 bits per heavy atom. The van der Waals surface area contributed by atoms with Crippen LogP contribution in [0.15, 0.2) is 40.9 Å². The van der Waals surface area contributed by atoms with Crippen molar-refractivity contribution in [2.45, 2.75) is 13.3 Å². The summed E-state index contributed by atoms with van der Waals surface area (Å²) in [6.07, 6.45) is 0.514. The number of carbonyl (C=O) groups excluding carboxylic acids is 1. The summed E-state index contributed by atoms with van der Waals surface area (Å²) in [4.78, 5) is 11.2. The first kappa shape index (κ1) is 12.1. The van der Waals surface area contributed by atoms with Crippen molar-refractivity contribution in [3.05, 3.63) is 40.9 Å². The van der Waals surface area contributed by atoms with E-state index in [1.807, 2.05) is 37.3 Å². The van der Waals surface area contributed by atoms with Gasteiger partial charge in [-0.1, -0.05) is 35.0 Å². The standard InChI is InChI=1S/C14H13BrO2/c1-2-13(16)9-17-14-6-4-10-7-12(15)5-3-11(10)8-14/h3-8H,2,9H2,1H3. The SMILES string of the molecule is CCC(=O)COc1ccc2cc(Br)ccc2c1. The lowest BCUT2D eigenvalue weighted by atomic mass is 10.1. The minimum Gasteiger partial charge on any atom is -0.486 e. The zero-order valence-electron chi connectivity index (χ0n) is 9.57. The molecule has 0 aromatic heterocycles. The summed E-state index contributed by atoms with van der Waals surface area (Å²) in [6, 6.07) is 11.9. The Morgan fingerprint density at radius 2 is 1.88 bits per heavy atom. The molecule has 0 radical (unpaired) electrons. The van der Waals surface area contributed by atoms with Crippen molar-refractivity contribution >= 4 is 32.5 Å². The van der Waals surface area contributed by atoms with Crippen LogP contribution in [0.3, 0.4) is 0 Å². The van der Waals surface area contributed by atoms with Gasteiger partial charge in [0.25, 0.3) is 0 Å². The highest BCUT2D eigenvalue weighted by Gasteiger charge is 2.01. The molecule has 0 aliphatic heterocycles. The third-order valence-electron chi connectivity index (χ3n) is 2.57. The molecule has 0 aliphatic rings. The topological polar surface area (TPSA) is 26.3 Å². The van der Waals surface area contributed by atoms with E-state index < -0.39 is 0 Å². The van der Waals surface area contributed by atoms with Gasteiger partial charge in [0.2, 0.25) is 0 Å². The second kappa shape index (κ2) is 5.32. The Hall–Kier alpha value is -1.35. The van der Waals surface area contributed by atoms with Gasteiger partial charge in [-0.2, -0.15) is 0 Å². The van der Waals surface area contributed by atoms with Crippen LogP contribution in [-0.2, 0) is 4.79 Å². The summed E-state index contributed by atoms with van der Waals surface area (Å²) in [6.45, 7) is 1.99. The Bertz CT molecular complexity index is 549. The van der Waals surface area contributed by atoms with E-state index in [9.17, 15) is 4.79 Å². The number of ketones is 1. The Labute approximate surface area is 109 Å². The van der Waals surface area contributed by atoms with Crippen molar-refractivity contribution < 1.29 is 9.53 Å². The molecule has 3 heteroatoms. The Kier molecular flexibility index (Phi) is 3.79. The molecule has 2 aromatic rings. The molecule has 0 aliphatic carbocycles. The van der Waals surface area contributed by atoms with Crippen LogP contribution in [0.5, 0.6) is 5.75 Å². The molecule has 2 rings (SSSR count). The first-order valence-corrected chi connectivity index (χ1v) is 6.32. The van der Waals surface area contributed by atoms with Crippen LogP contribution in [0.2, 0.25) is 0 Å². The highest BCUT2D eigenvalue weighted by atomic mass is 79.9. The molecule has 0 fully saturated rings. The molecule has 2 nitrogen and oxygen atoms in total. The van der Waals surface area contributed by atoms with Crippen LogP contribution in [0.25, 0.3) is 10.8 Å². The van der Waals surface area contributed by atoms with Crippen LogP contribution in [-0.4, -0.2) is 12.4 Å². The van der Waals surface area contributed by atoms with Gasteiger partial charge in [-0.05, 0) is 35.0 Å². The van der Waals surface area contributed by atoms with E-state index in [0.717, 1.165) is 21.0 Å². The number of Topliss-reactive ketones (excluding diaryl/α,β-unsaturated/α-hetero) is 1. The van der Waals surface area contributed by atoms with Gasteiger partial charge in [-0.3, -0.25) is 4.79 Å². The van der Waals surface area contributed by atoms with Gasteiger partial charge in [-0.15, -0.1) is 0 Å². The first-order valence-electron chi connectivity index (χ1n) is 5.53. The molecule has 0 atom stereocenters. The maximum absolute atomic E-state index is 11.2. The lowest BCUT2D eigenvalue weighted by Gasteiger charge is -2.06. The van der Waals surface area contributed by atoms with E-state index in [0.29, 0.717) is 6.42 Å². The molecule has 0 heterocycles. The van der Waals surface area contributed by atoms with E-state index in [4.69, 9.17) is 4.74 Å². The van der Waals surface area contributed by atoms with Crippen molar-refractivity contribution in [3.8, 4) is 5.75 Å². The maximum Gasteiger partial charge on any atom is 0.169 e. The summed E-state index contributed by atoms with van der Waals surface area (Å²) in [5.74, 6) is 0.850. The summed E-state index contributed by atoms with van der Waals surface area (Å²) >= 11 is 3.43. The van der Waals surface area contributed by atoms with Gasteiger partial charge in [0.15, 0.2) is 5.78 Å². The molecule has 88 valence electrons. The molecule has 2 aromatic carbocycles. The number of hydrogen-bond donors (Lipinski definition) is 0. The first-order chi connectivity index (χ1) is 8.19. The van der Waals surface area contributed by atoms with E-state index in [-0.39, 0.29) is 12.4 Å². The van der Waals surface area contributed by atoms with Gasteiger partial charge in [0.1, 0.15) is 12.4 Å². The summed E-state index contributed by atoms with van der Waals surface area (Å²) < 4.78 is 6.49. The minimum atomic E-state index is 0.112. The molecule has 0 spiro atoms. The predicted molar refractivity (Wildman–Crippen MR) is 72.4 cm³/mol. The number of halogens is 1. The maximum atomic E-state index is 11.2. The number of fused-ring (bicyclic) bond motifs is 1. The number of hydrogen-bond acceptors (Lipinski definition) is 2. The normalized spacial score (nSPS) is 10.5. The average Bonchev–Trinajstić information content (AvgIpc) is 2.35. The zero-order valence-corrected chi connectivity index (χ0v) is 11.2. The largest absolute Gasteiger partial charge is 0.486 e. The summed E-state index contributed by atoms with van der Waals surface area (Å²) in [7, 11) is 0. The second-order valence-electron chi connectivity index (χ2n) is 3.83. The van der Waals surface area contributed by atoms with Gasteiger partial charge in [0.05, 0.1) is 0 Å². The monoisotopic (exact) mass is 292 g/mol. The zero-order chi connectivity index (χ0) is 12.3. The van der Waals surface area contributed by atoms with Gasteiger partial charge in [-0.25, -0.2) is 0 Å². The third-order valence-corrected chi connectivity index (χ3v) is 3.06. The number of rotatable bonds is 4. The fourth-order valence-corrected chi connectivity index (χ4v) is 1.93. The van der Waals surface area contributed by atoms with Crippen molar-refractivity contribution in [1.29, 1.82) is 0 Å². The average molecular weight is 293 g/mol. The molecule has 0 unspecified atom stereocenters. The molecule has 17 heavy (non-hydrogen) atoms.